The van der Waals surface area contributed by atoms with Crippen molar-refractivity contribution in [3.63, 3.8) is 0 Å². The molecule has 1 saturated heterocycles. The van der Waals surface area contributed by atoms with Crippen molar-refractivity contribution in [1.29, 1.82) is 0 Å². The average Bonchev–Trinajstić information content (AvgIpc) is 3.13. The molecule has 160 valence electrons. The van der Waals surface area contributed by atoms with Crippen LogP contribution in [-0.2, 0) is 16.0 Å². The van der Waals surface area contributed by atoms with Crippen LogP contribution in [-0.4, -0.2) is 45.7 Å². The van der Waals surface area contributed by atoms with Crippen molar-refractivity contribution in [2.24, 2.45) is 5.92 Å². The number of benzene rings is 2. The quantitative estimate of drug-likeness (QED) is 0.694. The number of nitrogens with one attached hydrogen (secondary N) is 1. The van der Waals surface area contributed by atoms with E-state index in [4.69, 9.17) is 0 Å². The highest BCUT2D eigenvalue weighted by Gasteiger charge is 2.48. The highest BCUT2D eigenvalue weighted by atomic mass is 16.2. The molecule has 0 spiro atoms. The van der Waals surface area contributed by atoms with Gasteiger partial charge in [0.25, 0.3) is 0 Å². The average molecular weight is 416 g/mol. The van der Waals surface area contributed by atoms with Gasteiger partial charge in [0, 0.05) is 29.6 Å². The summed E-state index contributed by atoms with van der Waals surface area (Å²) < 4.78 is 0. The maximum absolute atomic E-state index is 13.5. The van der Waals surface area contributed by atoms with Gasteiger partial charge in [-0.05, 0) is 36.5 Å². The van der Waals surface area contributed by atoms with Crippen molar-refractivity contribution in [2.45, 2.75) is 45.7 Å². The van der Waals surface area contributed by atoms with Gasteiger partial charge in [0.15, 0.2) is 0 Å². The summed E-state index contributed by atoms with van der Waals surface area (Å²) in [5.41, 5.74) is 5.47. The van der Waals surface area contributed by atoms with E-state index in [2.05, 4.69) is 62.2 Å². The molecule has 2 aromatic carbocycles. The number of carbonyl (C=O) groups is 2. The number of aromatic nitrogens is 1. The molecule has 1 fully saturated rings. The fraction of sp³-hybridized carbons (Fsp3) is 0.385. The number of aryl methyl sites for hydroxylation is 1. The number of nitrogens with zero attached hydrogens (tertiary/aromatic N) is 2. The molecule has 31 heavy (non-hydrogen) atoms. The van der Waals surface area contributed by atoms with Crippen LogP contribution in [0, 0.1) is 12.8 Å². The van der Waals surface area contributed by atoms with Crippen LogP contribution in [0.5, 0.6) is 0 Å². The van der Waals surface area contributed by atoms with E-state index in [0.717, 1.165) is 34.1 Å². The van der Waals surface area contributed by atoms with E-state index < -0.39 is 6.04 Å². The highest BCUT2D eigenvalue weighted by Crippen LogP contribution is 2.42. The van der Waals surface area contributed by atoms with Crippen LogP contribution in [0.3, 0.4) is 0 Å². The summed E-state index contributed by atoms with van der Waals surface area (Å²) in [6.45, 7) is 7.16. The number of rotatable bonds is 4. The number of fused-ring (bicyclic) bond motifs is 4. The first-order chi connectivity index (χ1) is 14.9. The minimum Gasteiger partial charge on any atom is -0.356 e. The first-order valence-electron chi connectivity index (χ1n) is 11.2. The van der Waals surface area contributed by atoms with E-state index in [9.17, 15) is 9.59 Å². The van der Waals surface area contributed by atoms with Gasteiger partial charge < -0.3 is 14.8 Å². The molecule has 0 bridgehead atoms. The summed E-state index contributed by atoms with van der Waals surface area (Å²) in [6.07, 6.45) is 1.47. The monoisotopic (exact) mass is 415 g/mol. The van der Waals surface area contributed by atoms with Crippen LogP contribution >= 0.6 is 0 Å². The number of carbonyl (C=O) groups excluding carboxylic acids is 2. The molecule has 0 radical (unpaired) electrons. The molecule has 5 nitrogen and oxygen atoms in total. The van der Waals surface area contributed by atoms with E-state index in [1.807, 2.05) is 17.0 Å². The van der Waals surface area contributed by atoms with Gasteiger partial charge in [0.2, 0.25) is 11.8 Å². The second kappa shape index (κ2) is 7.56. The molecule has 3 heterocycles. The molecule has 1 N–H and O–H groups in total. The van der Waals surface area contributed by atoms with E-state index in [1.165, 1.54) is 5.56 Å². The van der Waals surface area contributed by atoms with E-state index in [-0.39, 0.29) is 24.4 Å². The number of amides is 2. The lowest BCUT2D eigenvalue weighted by Crippen LogP contribution is -2.63. The lowest BCUT2D eigenvalue weighted by molar-refractivity contribution is -0.158. The molecule has 5 heteroatoms. The van der Waals surface area contributed by atoms with Crippen LogP contribution in [0.2, 0.25) is 0 Å². The molecule has 2 aliphatic rings. The Morgan fingerprint density at radius 1 is 1.06 bits per heavy atom. The molecule has 2 amide bonds. The molecule has 0 saturated carbocycles. The predicted molar refractivity (Wildman–Crippen MR) is 122 cm³/mol. The minimum atomic E-state index is -0.452. The fourth-order valence-corrected chi connectivity index (χ4v) is 5.02. The molecule has 3 aromatic rings. The Morgan fingerprint density at radius 3 is 2.55 bits per heavy atom. The molecule has 0 aliphatic carbocycles. The second-order valence-electron chi connectivity index (χ2n) is 9.34. The summed E-state index contributed by atoms with van der Waals surface area (Å²) in [5.74, 6) is 0.601. The van der Waals surface area contributed by atoms with Crippen molar-refractivity contribution in [1.82, 2.24) is 14.8 Å². The summed E-state index contributed by atoms with van der Waals surface area (Å²) in [5, 5.41) is 1.15. The van der Waals surface area contributed by atoms with Crippen molar-refractivity contribution in [3.8, 4) is 0 Å². The van der Waals surface area contributed by atoms with Crippen LogP contribution in [0.15, 0.2) is 48.5 Å². The fourth-order valence-electron chi connectivity index (χ4n) is 5.02. The van der Waals surface area contributed by atoms with Crippen LogP contribution < -0.4 is 0 Å². The Morgan fingerprint density at radius 2 is 1.81 bits per heavy atom. The smallest absolute Gasteiger partial charge is 0.246 e. The van der Waals surface area contributed by atoms with Crippen molar-refractivity contribution in [3.05, 3.63) is 70.9 Å². The number of piperazine rings is 1. The Bertz CT molecular complexity index is 1150. The van der Waals surface area contributed by atoms with E-state index in [1.54, 1.807) is 4.90 Å². The SMILES string of the molecule is Cc1ccc(C2c3[nH]c4ccccc4c3CC3C(=O)N(CCC(C)C)CC(=O)N32)cc1. The molecule has 2 unspecified atom stereocenters. The van der Waals surface area contributed by atoms with Gasteiger partial charge in [0.1, 0.15) is 6.04 Å². The van der Waals surface area contributed by atoms with Crippen LogP contribution in [0.4, 0.5) is 0 Å². The predicted octanol–water partition coefficient (Wildman–Crippen LogP) is 4.21. The normalized spacial score (nSPS) is 21.0. The molecule has 1 aromatic heterocycles. The van der Waals surface area contributed by atoms with Crippen molar-refractivity contribution < 1.29 is 9.59 Å². The zero-order chi connectivity index (χ0) is 21.7. The Hall–Kier alpha value is -3.08. The summed E-state index contributed by atoms with van der Waals surface area (Å²) in [7, 11) is 0. The van der Waals surface area contributed by atoms with Gasteiger partial charge in [-0.1, -0.05) is 61.9 Å². The molecule has 5 rings (SSSR count). The van der Waals surface area contributed by atoms with E-state index >= 15 is 0 Å². The standard InChI is InChI=1S/C26H29N3O2/c1-16(2)12-13-28-15-23(30)29-22(26(28)31)14-20-19-6-4-5-7-21(19)27-24(20)25(29)18-10-8-17(3)9-11-18/h4-11,16,22,25,27H,12-15H2,1-3H3. The zero-order valence-corrected chi connectivity index (χ0v) is 18.4. The largest absolute Gasteiger partial charge is 0.356 e. The third kappa shape index (κ3) is 3.32. The third-order valence-corrected chi connectivity index (χ3v) is 6.71. The third-order valence-electron chi connectivity index (χ3n) is 6.71. The van der Waals surface area contributed by atoms with Gasteiger partial charge in [-0.25, -0.2) is 0 Å². The minimum absolute atomic E-state index is 0.0308. The topological polar surface area (TPSA) is 56.4 Å². The van der Waals surface area contributed by atoms with Gasteiger partial charge in [-0.2, -0.15) is 0 Å². The van der Waals surface area contributed by atoms with Crippen LogP contribution in [0.1, 0.15) is 48.7 Å². The van der Waals surface area contributed by atoms with E-state index in [0.29, 0.717) is 18.9 Å². The Balaban J connectivity index is 1.63. The molecule has 2 atom stereocenters. The summed E-state index contributed by atoms with van der Waals surface area (Å²) in [4.78, 5) is 34.2. The number of aromatic amines is 1. The van der Waals surface area contributed by atoms with Gasteiger partial charge in [-0.15, -0.1) is 0 Å². The summed E-state index contributed by atoms with van der Waals surface area (Å²) in [6, 6.07) is 15.8. The number of hydrogen-bond acceptors (Lipinski definition) is 2. The number of para-hydroxylation sites is 1. The number of hydrogen-bond donors (Lipinski definition) is 1. The van der Waals surface area contributed by atoms with Crippen molar-refractivity contribution in [2.75, 3.05) is 13.1 Å². The maximum atomic E-state index is 13.5. The van der Waals surface area contributed by atoms with Crippen molar-refractivity contribution >= 4 is 22.7 Å². The maximum Gasteiger partial charge on any atom is 0.246 e. The Kier molecular flexibility index (Phi) is 4.84. The van der Waals surface area contributed by atoms with Gasteiger partial charge >= 0.3 is 0 Å². The first-order valence-corrected chi connectivity index (χ1v) is 11.2. The molecule has 2 aliphatic heterocycles. The number of H-pyrrole nitrogens is 1. The van der Waals surface area contributed by atoms with Gasteiger partial charge in [0.05, 0.1) is 12.6 Å². The first kappa shape index (κ1) is 19.9. The summed E-state index contributed by atoms with van der Waals surface area (Å²) >= 11 is 0. The molecular formula is C26H29N3O2. The molecular weight excluding hydrogens is 386 g/mol. The van der Waals surface area contributed by atoms with Crippen LogP contribution in [0.25, 0.3) is 10.9 Å². The lowest BCUT2D eigenvalue weighted by Gasteiger charge is -2.47. The lowest BCUT2D eigenvalue weighted by atomic mass is 9.86. The van der Waals surface area contributed by atoms with Gasteiger partial charge in [-0.3, -0.25) is 9.59 Å². The second-order valence-corrected chi connectivity index (χ2v) is 9.34. The highest BCUT2D eigenvalue weighted by molar-refractivity contribution is 5.97. The zero-order valence-electron chi connectivity index (χ0n) is 18.4. The Labute approximate surface area is 183 Å².